The Balaban J connectivity index is 1.93. The number of nitrogens with zero attached hydrogens (tertiary/aromatic N) is 1. The minimum Gasteiger partial charge on any atom is -0.466 e. The van der Waals surface area contributed by atoms with Crippen molar-refractivity contribution in [1.82, 2.24) is 4.90 Å². The number of esters is 1. The molecule has 1 unspecified atom stereocenters. The Morgan fingerprint density at radius 1 is 1.35 bits per heavy atom. The van der Waals surface area contributed by atoms with Crippen LogP contribution in [-0.4, -0.2) is 54.5 Å². The molecule has 0 radical (unpaired) electrons. The van der Waals surface area contributed by atoms with Crippen molar-refractivity contribution in [2.45, 2.75) is 45.3 Å². The number of carbonyl (C=O) groups is 2. The smallest absolute Gasteiger partial charge is 0.410 e. The van der Waals surface area contributed by atoms with E-state index in [1.807, 2.05) is 20.8 Å². The maximum absolute atomic E-state index is 11.9. The number of ether oxygens (including phenoxy) is 3. The van der Waals surface area contributed by atoms with Crippen molar-refractivity contribution in [2.75, 3.05) is 26.3 Å². The van der Waals surface area contributed by atoms with Crippen molar-refractivity contribution in [3.05, 3.63) is 0 Å². The van der Waals surface area contributed by atoms with Crippen LogP contribution < -0.4 is 0 Å². The zero-order valence-corrected chi connectivity index (χ0v) is 12.6. The van der Waals surface area contributed by atoms with Gasteiger partial charge in [0.2, 0.25) is 0 Å². The first kappa shape index (κ1) is 15.1. The van der Waals surface area contributed by atoms with Crippen molar-refractivity contribution in [3.8, 4) is 0 Å². The van der Waals surface area contributed by atoms with Crippen LogP contribution in [0.25, 0.3) is 0 Å². The molecule has 0 N–H and O–H groups in total. The second-order valence-electron chi connectivity index (χ2n) is 6.34. The highest BCUT2D eigenvalue weighted by molar-refractivity contribution is 5.76. The third-order valence-corrected chi connectivity index (χ3v) is 3.57. The molecule has 1 spiro atoms. The third-order valence-electron chi connectivity index (χ3n) is 3.57. The summed E-state index contributed by atoms with van der Waals surface area (Å²) >= 11 is 0. The second-order valence-corrected chi connectivity index (χ2v) is 6.34. The van der Waals surface area contributed by atoms with E-state index in [-0.39, 0.29) is 18.0 Å². The van der Waals surface area contributed by atoms with Gasteiger partial charge in [-0.3, -0.25) is 4.79 Å². The largest absolute Gasteiger partial charge is 0.466 e. The van der Waals surface area contributed by atoms with E-state index in [1.54, 1.807) is 11.8 Å². The van der Waals surface area contributed by atoms with Gasteiger partial charge >= 0.3 is 12.1 Å². The van der Waals surface area contributed by atoms with E-state index >= 15 is 0 Å². The van der Waals surface area contributed by atoms with Crippen LogP contribution in [0.2, 0.25) is 0 Å². The fourth-order valence-corrected chi connectivity index (χ4v) is 2.69. The summed E-state index contributed by atoms with van der Waals surface area (Å²) in [6.45, 7) is 8.95. The highest BCUT2D eigenvalue weighted by atomic mass is 16.6. The SMILES string of the molecule is CCOC(=O)C1CCOC12CN(C(=O)OC(C)(C)C)C2. The number of amides is 1. The van der Waals surface area contributed by atoms with Crippen LogP contribution in [0, 0.1) is 5.92 Å². The second kappa shape index (κ2) is 5.24. The van der Waals surface area contributed by atoms with Crippen LogP contribution in [-0.2, 0) is 19.0 Å². The van der Waals surface area contributed by atoms with Gasteiger partial charge in [-0.25, -0.2) is 4.79 Å². The molecule has 0 aromatic carbocycles. The monoisotopic (exact) mass is 285 g/mol. The molecule has 2 aliphatic heterocycles. The maximum Gasteiger partial charge on any atom is 0.410 e. The molecule has 20 heavy (non-hydrogen) atoms. The molecular weight excluding hydrogens is 262 g/mol. The summed E-state index contributed by atoms with van der Waals surface area (Å²) in [7, 11) is 0. The Morgan fingerprint density at radius 2 is 2.00 bits per heavy atom. The molecule has 0 aromatic heterocycles. The molecule has 2 saturated heterocycles. The molecule has 0 aliphatic carbocycles. The Kier molecular flexibility index (Phi) is 3.95. The molecule has 2 heterocycles. The zero-order valence-electron chi connectivity index (χ0n) is 12.6. The first-order chi connectivity index (χ1) is 9.27. The van der Waals surface area contributed by atoms with Gasteiger partial charge in [0.1, 0.15) is 11.2 Å². The number of likely N-dealkylation sites (tertiary alicyclic amines) is 1. The van der Waals surface area contributed by atoms with Gasteiger partial charge in [0.25, 0.3) is 0 Å². The van der Waals surface area contributed by atoms with E-state index in [0.29, 0.717) is 32.7 Å². The molecule has 114 valence electrons. The average molecular weight is 285 g/mol. The van der Waals surface area contributed by atoms with Crippen molar-refractivity contribution in [1.29, 1.82) is 0 Å². The zero-order chi connectivity index (χ0) is 15.0. The summed E-state index contributed by atoms with van der Waals surface area (Å²) in [5, 5.41) is 0. The Hall–Kier alpha value is -1.30. The van der Waals surface area contributed by atoms with Crippen molar-refractivity contribution in [2.24, 2.45) is 5.92 Å². The van der Waals surface area contributed by atoms with E-state index in [2.05, 4.69) is 0 Å². The lowest BCUT2D eigenvalue weighted by Gasteiger charge is -2.49. The average Bonchev–Trinajstić information content (AvgIpc) is 2.68. The molecule has 6 nitrogen and oxygen atoms in total. The molecule has 6 heteroatoms. The predicted molar refractivity (Wildman–Crippen MR) is 71.2 cm³/mol. The van der Waals surface area contributed by atoms with Crippen LogP contribution in [0.15, 0.2) is 0 Å². The van der Waals surface area contributed by atoms with Crippen molar-refractivity contribution >= 4 is 12.1 Å². The Labute approximate surface area is 119 Å². The lowest BCUT2D eigenvalue weighted by Crippen LogP contribution is -2.67. The van der Waals surface area contributed by atoms with Gasteiger partial charge in [-0.15, -0.1) is 0 Å². The molecule has 0 bridgehead atoms. The Bertz CT molecular complexity index is 395. The highest BCUT2D eigenvalue weighted by Gasteiger charge is 2.58. The number of carbonyl (C=O) groups excluding carboxylic acids is 2. The molecule has 2 fully saturated rings. The fraction of sp³-hybridized carbons (Fsp3) is 0.857. The number of hydrogen-bond acceptors (Lipinski definition) is 5. The number of rotatable bonds is 2. The molecule has 1 amide bonds. The third kappa shape index (κ3) is 2.90. The van der Waals surface area contributed by atoms with Crippen LogP contribution in [0.1, 0.15) is 34.1 Å². The van der Waals surface area contributed by atoms with Crippen LogP contribution >= 0.6 is 0 Å². The minimum absolute atomic E-state index is 0.228. The first-order valence-corrected chi connectivity index (χ1v) is 7.06. The van der Waals surface area contributed by atoms with Gasteiger partial charge in [0, 0.05) is 6.61 Å². The summed E-state index contributed by atoms with van der Waals surface area (Å²) in [4.78, 5) is 25.4. The van der Waals surface area contributed by atoms with E-state index < -0.39 is 11.2 Å². The van der Waals surface area contributed by atoms with Gasteiger partial charge in [-0.2, -0.15) is 0 Å². The molecular formula is C14H23NO5. The van der Waals surface area contributed by atoms with Gasteiger partial charge in [-0.1, -0.05) is 0 Å². The lowest BCUT2D eigenvalue weighted by molar-refractivity contribution is -0.168. The summed E-state index contributed by atoms with van der Waals surface area (Å²) in [5.74, 6) is -0.505. The molecule has 0 saturated carbocycles. The molecule has 1 atom stereocenters. The maximum atomic E-state index is 11.9. The van der Waals surface area contributed by atoms with E-state index in [1.165, 1.54) is 0 Å². The number of hydrogen-bond donors (Lipinski definition) is 0. The van der Waals surface area contributed by atoms with Crippen LogP contribution in [0.3, 0.4) is 0 Å². The quantitative estimate of drug-likeness (QED) is 0.721. The molecule has 0 aromatic rings. The normalized spacial score (nSPS) is 24.4. The van der Waals surface area contributed by atoms with Crippen LogP contribution in [0.5, 0.6) is 0 Å². The standard InChI is InChI=1S/C14H23NO5/c1-5-18-11(16)10-6-7-19-14(10)8-15(9-14)12(17)20-13(2,3)4/h10H,5-9H2,1-4H3. The van der Waals surface area contributed by atoms with E-state index in [4.69, 9.17) is 14.2 Å². The minimum atomic E-state index is -0.566. The van der Waals surface area contributed by atoms with Crippen molar-refractivity contribution < 1.29 is 23.8 Å². The summed E-state index contributed by atoms with van der Waals surface area (Å²) in [5.41, 5.74) is -1.08. The van der Waals surface area contributed by atoms with Gasteiger partial charge in [0.15, 0.2) is 0 Å². The summed E-state index contributed by atoms with van der Waals surface area (Å²) in [6.07, 6.45) is 0.294. The molecule has 2 aliphatic rings. The van der Waals surface area contributed by atoms with E-state index in [9.17, 15) is 9.59 Å². The molecule has 2 rings (SSSR count). The topological polar surface area (TPSA) is 65.1 Å². The lowest BCUT2D eigenvalue weighted by atomic mass is 9.81. The van der Waals surface area contributed by atoms with Gasteiger partial charge in [-0.05, 0) is 34.1 Å². The summed E-state index contributed by atoms with van der Waals surface area (Å²) < 4.78 is 16.1. The Morgan fingerprint density at radius 3 is 2.55 bits per heavy atom. The van der Waals surface area contributed by atoms with Gasteiger partial charge < -0.3 is 19.1 Å². The van der Waals surface area contributed by atoms with E-state index in [0.717, 1.165) is 0 Å². The first-order valence-electron chi connectivity index (χ1n) is 7.06. The summed E-state index contributed by atoms with van der Waals surface area (Å²) in [6, 6.07) is 0. The predicted octanol–water partition coefficient (Wildman–Crippen LogP) is 1.58. The fourth-order valence-electron chi connectivity index (χ4n) is 2.69. The van der Waals surface area contributed by atoms with Crippen LogP contribution in [0.4, 0.5) is 4.79 Å². The highest BCUT2D eigenvalue weighted by Crippen LogP contribution is 2.41. The van der Waals surface area contributed by atoms with Gasteiger partial charge in [0.05, 0.1) is 25.6 Å². The van der Waals surface area contributed by atoms with Crippen molar-refractivity contribution in [3.63, 3.8) is 0 Å².